The van der Waals surface area contributed by atoms with E-state index < -0.39 is 0 Å². The van der Waals surface area contributed by atoms with Crippen LogP contribution in [0.15, 0.2) is 22.7 Å². The zero-order valence-electron chi connectivity index (χ0n) is 11.4. The highest BCUT2D eigenvalue weighted by Crippen LogP contribution is 2.27. The molecule has 1 N–H and O–H groups in total. The van der Waals surface area contributed by atoms with Crippen LogP contribution in [0, 0.1) is 12.8 Å². The molecule has 1 nitrogen and oxygen atoms in total. The van der Waals surface area contributed by atoms with Crippen LogP contribution in [0.3, 0.4) is 0 Å². The maximum Gasteiger partial charge on any atom is 0.0322 e. The molecule has 0 saturated carbocycles. The van der Waals surface area contributed by atoms with Gasteiger partial charge < -0.3 is 5.32 Å². The van der Waals surface area contributed by atoms with E-state index in [9.17, 15) is 0 Å². The summed E-state index contributed by atoms with van der Waals surface area (Å²) >= 11 is 3.52. The van der Waals surface area contributed by atoms with E-state index in [1.807, 2.05) is 0 Å². The summed E-state index contributed by atoms with van der Waals surface area (Å²) in [4.78, 5) is 0. The van der Waals surface area contributed by atoms with Crippen LogP contribution in [0.2, 0.25) is 0 Å². The Balaban J connectivity index is 2.79. The van der Waals surface area contributed by atoms with Gasteiger partial charge in [-0.25, -0.2) is 0 Å². The molecule has 0 bridgehead atoms. The molecule has 1 rings (SSSR count). The predicted molar refractivity (Wildman–Crippen MR) is 79.4 cm³/mol. The van der Waals surface area contributed by atoms with Crippen LogP contribution in [0.25, 0.3) is 0 Å². The zero-order chi connectivity index (χ0) is 12.8. The first-order valence-electron chi connectivity index (χ1n) is 6.51. The number of halogens is 1. The van der Waals surface area contributed by atoms with Gasteiger partial charge in [-0.2, -0.15) is 0 Å². The second-order valence-electron chi connectivity index (χ2n) is 4.97. The third kappa shape index (κ3) is 4.44. The molecule has 0 aliphatic carbocycles. The van der Waals surface area contributed by atoms with E-state index in [0.717, 1.165) is 10.4 Å². The fraction of sp³-hybridized carbons (Fsp3) is 0.600. The molecule has 0 fully saturated rings. The molecule has 0 radical (unpaired) electrons. The number of aryl methyl sites for hydroxylation is 1. The van der Waals surface area contributed by atoms with Crippen molar-refractivity contribution in [1.82, 2.24) is 5.32 Å². The molecule has 0 heterocycles. The maximum absolute atomic E-state index is 3.52. The van der Waals surface area contributed by atoms with Crippen LogP contribution in [-0.2, 0) is 0 Å². The van der Waals surface area contributed by atoms with E-state index >= 15 is 0 Å². The number of rotatable bonds is 6. The highest BCUT2D eigenvalue weighted by molar-refractivity contribution is 9.10. The van der Waals surface area contributed by atoms with Gasteiger partial charge in [0.05, 0.1) is 0 Å². The molecule has 0 amide bonds. The average molecular weight is 298 g/mol. The smallest absolute Gasteiger partial charge is 0.0322 e. The molecule has 17 heavy (non-hydrogen) atoms. The van der Waals surface area contributed by atoms with Crippen molar-refractivity contribution >= 4 is 15.9 Å². The number of hydrogen-bond donors (Lipinski definition) is 1. The molecule has 96 valence electrons. The predicted octanol–water partition coefficient (Wildman–Crippen LogP) is 4.84. The maximum atomic E-state index is 3.52. The summed E-state index contributed by atoms with van der Waals surface area (Å²) in [5.74, 6) is 0.778. The molecule has 2 atom stereocenters. The van der Waals surface area contributed by atoms with Gasteiger partial charge in [0.15, 0.2) is 0 Å². The summed E-state index contributed by atoms with van der Waals surface area (Å²) in [6, 6.07) is 7.05. The molecule has 0 aliphatic heterocycles. The van der Waals surface area contributed by atoms with Crippen molar-refractivity contribution in [3.05, 3.63) is 33.8 Å². The Morgan fingerprint density at radius 2 is 2.06 bits per heavy atom. The lowest BCUT2D eigenvalue weighted by atomic mass is 9.91. The van der Waals surface area contributed by atoms with Crippen LogP contribution in [-0.4, -0.2) is 7.05 Å². The third-order valence-electron chi connectivity index (χ3n) is 3.38. The molecule has 0 spiro atoms. The van der Waals surface area contributed by atoms with E-state index in [4.69, 9.17) is 0 Å². The SMILES string of the molecule is CCCC(C)CC(NC)c1ccc(Br)cc1C. The van der Waals surface area contributed by atoms with Gasteiger partial charge in [0.25, 0.3) is 0 Å². The zero-order valence-corrected chi connectivity index (χ0v) is 13.0. The minimum absolute atomic E-state index is 0.477. The monoisotopic (exact) mass is 297 g/mol. The van der Waals surface area contributed by atoms with E-state index in [1.165, 1.54) is 30.4 Å². The third-order valence-corrected chi connectivity index (χ3v) is 3.87. The van der Waals surface area contributed by atoms with Crippen LogP contribution in [0.5, 0.6) is 0 Å². The van der Waals surface area contributed by atoms with E-state index in [0.29, 0.717) is 6.04 Å². The van der Waals surface area contributed by atoms with Crippen molar-refractivity contribution in [3.63, 3.8) is 0 Å². The van der Waals surface area contributed by atoms with Gasteiger partial charge in [0.2, 0.25) is 0 Å². The van der Waals surface area contributed by atoms with Crippen molar-refractivity contribution in [3.8, 4) is 0 Å². The first-order chi connectivity index (χ1) is 8.08. The number of benzene rings is 1. The number of nitrogens with one attached hydrogen (secondary N) is 1. The summed E-state index contributed by atoms with van der Waals surface area (Å²) < 4.78 is 1.16. The van der Waals surface area contributed by atoms with Crippen molar-refractivity contribution < 1.29 is 0 Å². The quantitative estimate of drug-likeness (QED) is 0.792. The number of hydrogen-bond acceptors (Lipinski definition) is 1. The molecule has 0 saturated heterocycles. The van der Waals surface area contributed by atoms with Crippen molar-refractivity contribution in [1.29, 1.82) is 0 Å². The summed E-state index contributed by atoms with van der Waals surface area (Å²) in [6.07, 6.45) is 3.80. The normalized spacial score (nSPS) is 14.6. The standard InChI is InChI=1S/C15H24BrN/c1-5-6-11(2)9-15(17-4)14-8-7-13(16)10-12(14)3/h7-8,10-11,15,17H,5-6,9H2,1-4H3. The van der Waals surface area contributed by atoms with Gasteiger partial charge in [0, 0.05) is 10.5 Å². The van der Waals surface area contributed by atoms with Crippen molar-refractivity contribution in [2.45, 2.75) is 46.1 Å². The molecule has 0 aliphatic rings. The minimum atomic E-state index is 0.477. The van der Waals surface area contributed by atoms with Gasteiger partial charge in [-0.05, 0) is 49.6 Å². The lowest BCUT2D eigenvalue weighted by Gasteiger charge is -2.22. The lowest BCUT2D eigenvalue weighted by molar-refractivity contribution is 0.406. The largest absolute Gasteiger partial charge is 0.313 e. The van der Waals surface area contributed by atoms with Crippen LogP contribution in [0.1, 0.15) is 50.3 Å². The van der Waals surface area contributed by atoms with Crippen LogP contribution in [0.4, 0.5) is 0 Å². The Kier molecular flexibility index (Phi) is 6.21. The molecule has 2 heteroatoms. The Hall–Kier alpha value is -0.340. The van der Waals surface area contributed by atoms with Crippen molar-refractivity contribution in [2.24, 2.45) is 5.92 Å². The van der Waals surface area contributed by atoms with E-state index in [2.05, 4.69) is 67.3 Å². The van der Waals surface area contributed by atoms with Gasteiger partial charge in [-0.1, -0.05) is 48.7 Å². The first kappa shape index (κ1) is 14.7. The molecular weight excluding hydrogens is 274 g/mol. The summed E-state index contributed by atoms with van der Waals surface area (Å²) in [5.41, 5.74) is 2.79. The fourth-order valence-corrected chi connectivity index (χ4v) is 2.92. The Labute approximate surface area is 114 Å². The average Bonchev–Trinajstić information content (AvgIpc) is 2.27. The second kappa shape index (κ2) is 7.17. The molecular formula is C15H24BrN. The van der Waals surface area contributed by atoms with Gasteiger partial charge >= 0.3 is 0 Å². The highest BCUT2D eigenvalue weighted by Gasteiger charge is 2.15. The summed E-state index contributed by atoms with van der Waals surface area (Å²) in [5, 5.41) is 3.45. The van der Waals surface area contributed by atoms with Crippen LogP contribution >= 0.6 is 15.9 Å². The first-order valence-corrected chi connectivity index (χ1v) is 7.31. The minimum Gasteiger partial charge on any atom is -0.313 e. The Morgan fingerprint density at radius 3 is 2.59 bits per heavy atom. The molecule has 2 unspecified atom stereocenters. The Morgan fingerprint density at radius 1 is 1.35 bits per heavy atom. The van der Waals surface area contributed by atoms with E-state index in [-0.39, 0.29) is 0 Å². The topological polar surface area (TPSA) is 12.0 Å². The summed E-state index contributed by atoms with van der Waals surface area (Å²) in [7, 11) is 2.06. The molecule has 0 aromatic heterocycles. The lowest BCUT2D eigenvalue weighted by Crippen LogP contribution is -2.20. The van der Waals surface area contributed by atoms with Gasteiger partial charge in [0.1, 0.15) is 0 Å². The molecule has 1 aromatic rings. The van der Waals surface area contributed by atoms with Gasteiger partial charge in [-0.15, -0.1) is 0 Å². The summed E-state index contributed by atoms with van der Waals surface area (Å²) in [6.45, 7) is 6.80. The van der Waals surface area contributed by atoms with Crippen LogP contribution < -0.4 is 5.32 Å². The van der Waals surface area contributed by atoms with Crippen molar-refractivity contribution in [2.75, 3.05) is 7.05 Å². The fourth-order valence-electron chi connectivity index (χ4n) is 2.44. The van der Waals surface area contributed by atoms with E-state index in [1.54, 1.807) is 0 Å². The Bertz CT molecular complexity index is 349. The second-order valence-corrected chi connectivity index (χ2v) is 5.89. The molecule has 1 aromatic carbocycles. The highest BCUT2D eigenvalue weighted by atomic mass is 79.9. The van der Waals surface area contributed by atoms with Gasteiger partial charge in [-0.3, -0.25) is 0 Å².